The van der Waals surface area contributed by atoms with E-state index in [4.69, 9.17) is 44.5 Å². The molecule has 0 unspecified atom stereocenters. The summed E-state index contributed by atoms with van der Waals surface area (Å²) in [6, 6.07) is 10.1. The summed E-state index contributed by atoms with van der Waals surface area (Å²) < 4.78 is 34.7. The van der Waals surface area contributed by atoms with Crippen LogP contribution in [0.3, 0.4) is 0 Å². The molecule has 0 spiro atoms. The number of ether oxygens (including phenoxy) is 1. The molecule has 10 nitrogen and oxygen atoms in total. The van der Waals surface area contributed by atoms with Crippen molar-refractivity contribution in [1.82, 2.24) is 24.6 Å². The fourth-order valence-electron chi connectivity index (χ4n) is 4.89. The Hall–Kier alpha value is -2.38. The average molecular weight is 690 g/mol. The molecule has 4 aromatic rings. The average Bonchev–Trinajstić information content (AvgIpc) is 3.30. The third-order valence-electron chi connectivity index (χ3n) is 6.94. The maximum atomic E-state index is 13.3. The Bertz CT molecular complexity index is 1730. The van der Waals surface area contributed by atoms with Crippen LogP contribution in [0, 0.1) is 0 Å². The zero-order valence-electron chi connectivity index (χ0n) is 23.6. The van der Waals surface area contributed by atoms with Crippen molar-refractivity contribution in [2.24, 2.45) is 0 Å². The van der Waals surface area contributed by atoms with Gasteiger partial charge >= 0.3 is 0 Å². The van der Waals surface area contributed by atoms with Gasteiger partial charge in [-0.05, 0) is 48.7 Å². The lowest BCUT2D eigenvalue weighted by Crippen LogP contribution is -2.37. The molecule has 2 N–H and O–H groups in total. The molecule has 3 heterocycles. The number of anilines is 1. The minimum atomic E-state index is -3.49. The Morgan fingerprint density at radius 1 is 1.07 bits per heavy atom. The summed E-state index contributed by atoms with van der Waals surface area (Å²) in [4.78, 5) is 23.1. The minimum absolute atomic E-state index is 0. The molecule has 15 heteroatoms. The maximum Gasteiger partial charge on any atom is 0.262 e. The molecule has 5 rings (SSSR count). The predicted octanol–water partition coefficient (Wildman–Crippen LogP) is 5.67. The van der Waals surface area contributed by atoms with Gasteiger partial charge in [0.1, 0.15) is 16.9 Å². The van der Waals surface area contributed by atoms with Crippen LogP contribution in [-0.2, 0) is 21.2 Å². The molecule has 0 bridgehead atoms. The summed E-state index contributed by atoms with van der Waals surface area (Å²) in [5, 5.41) is 5.94. The van der Waals surface area contributed by atoms with Crippen molar-refractivity contribution in [3.63, 3.8) is 0 Å². The number of fused-ring (bicyclic) bond motifs is 1. The number of H-pyrrole nitrogens is 1. The van der Waals surface area contributed by atoms with Crippen molar-refractivity contribution in [3.8, 4) is 5.69 Å². The van der Waals surface area contributed by atoms with Gasteiger partial charge in [0, 0.05) is 30.2 Å². The second-order valence-corrected chi connectivity index (χ2v) is 13.6. The molecule has 1 saturated heterocycles. The van der Waals surface area contributed by atoms with E-state index in [1.807, 2.05) is 13.8 Å². The van der Waals surface area contributed by atoms with Crippen molar-refractivity contribution < 1.29 is 13.2 Å². The minimum Gasteiger partial charge on any atom is -0.379 e. The molecule has 232 valence electrons. The fourth-order valence-corrected chi connectivity index (χ4v) is 6.98. The van der Waals surface area contributed by atoms with E-state index in [0.717, 1.165) is 18.7 Å². The van der Waals surface area contributed by atoms with E-state index in [2.05, 4.69) is 19.7 Å². The van der Waals surface area contributed by atoms with Gasteiger partial charge in [-0.15, -0.1) is 12.4 Å². The Morgan fingerprint density at radius 2 is 1.72 bits per heavy atom. The van der Waals surface area contributed by atoms with Gasteiger partial charge in [0.15, 0.2) is 5.65 Å². The highest BCUT2D eigenvalue weighted by molar-refractivity contribution is 7.92. The number of hydrogen-bond donors (Lipinski definition) is 2. The molecule has 0 radical (unpaired) electrons. The van der Waals surface area contributed by atoms with Crippen molar-refractivity contribution in [3.05, 3.63) is 78.9 Å². The van der Waals surface area contributed by atoms with Crippen LogP contribution < -0.4 is 10.3 Å². The van der Waals surface area contributed by atoms with Crippen LogP contribution in [0.4, 0.5) is 5.69 Å². The molecule has 1 aliphatic heterocycles. The number of nitrogens with zero attached hydrogens (tertiary/aromatic N) is 4. The van der Waals surface area contributed by atoms with Gasteiger partial charge < -0.3 is 9.72 Å². The molecule has 43 heavy (non-hydrogen) atoms. The standard InChI is InChI=1S/C28H31Cl3N6O4S.ClH/c1-17(2)25-24-27(37(34-25)26-21(30)15-19(29)16-22(26)31)32-23(33-28(24)38)14-18-4-6-20(7-5-18)35-42(39,40)13-3-8-36-9-11-41-12-10-36;/h4-7,15-17,35H,3,8-14H2,1-2H3,(H,32,33,38);1H. The molecule has 0 amide bonds. The summed E-state index contributed by atoms with van der Waals surface area (Å²) in [5.74, 6) is 0.370. The van der Waals surface area contributed by atoms with Gasteiger partial charge in [-0.3, -0.25) is 14.4 Å². The first kappa shape index (κ1) is 33.5. The molecule has 1 fully saturated rings. The predicted molar refractivity (Wildman–Crippen MR) is 174 cm³/mol. The van der Waals surface area contributed by atoms with Crippen molar-refractivity contribution in [2.45, 2.75) is 32.6 Å². The molecular weight excluding hydrogens is 658 g/mol. The SMILES string of the molecule is CC(C)c1nn(-c2c(Cl)cc(Cl)cc2Cl)c2nc(Cc3ccc(NS(=O)(=O)CCCN4CCOCC4)cc3)[nH]c(=O)c12.Cl. The van der Waals surface area contributed by atoms with Crippen LogP contribution in [0.1, 0.15) is 43.3 Å². The van der Waals surface area contributed by atoms with Gasteiger partial charge in [-0.25, -0.2) is 18.1 Å². The van der Waals surface area contributed by atoms with Crippen LogP contribution in [0.5, 0.6) is 0 Å². The third-order valence-corrected chi connectivity index (χ3v) is 9.11. The van der Waals surface area contributed by atoms with E-state index in [-0.39, 0.29) is 39.7 Å². The number of sulfonamides is 1. The summed E-state index contributed by atoms with van der Waals surface area (Å²) >= 11 is 19.1. The summed E-state index contributed by atoms with van der Waals surface area (Å²) in [6.45, 7) is 7.60. The molecule has 0 saturated carbocycles. The normalized spacial score (nSPS) is 14.3. The maximum absolute atomic E-state index is 13.3. The number of aromatic nitrogens is 4. The molecule has 1 aliphatic rings. The Morgan fingerprint density at radius 3 is 2.35 bits per heavy atom. The van der Waals surface area contributed by atoms with Crippen LogP contribution in [0.25, 0.3) is 16.7 Å². The van der Waals surface area contributed by atoms with E-state index < -0.39 is 10.0 Å². The highest BCUT2D eigenvalue weighted by Gasteiger charge is 2.23. The van der Waals surface area contributed by atoms with E-state index in [1.54, 1.807) is 36.4 Å². The van der Waals surface area contributed by atoms with E-state index >= 15 is 0 Å². The molecule has 2 aromatic heterocycles. The Balaban J connectivity index is 0.00000423. The van der Waals surface area contributed by atoms with Crippen LogP contribution >= 0.6 is 47.2 Å². The zero-order chi connectivity index (χ0) is 30.0. The summed E-state index contributed by atoms with van der Waals surface area (Å²) in [6.07, 6.45) is 0.832. The van der Waals surface area contributed by atoms with E-state index in [1.165, 1.54) is 4.68 Å². The Kier molecular flexibility index (Phi) is 11.0. The van der Waals surface area contributed by atoms with Gasteiger partial charge in [-0.2, -0.15) is 5.10 Å². The first-order valence-corrected chi connectivity index (χ1v) is 16.4. The number of rotatable bonds is 10. The number of aromatic amines is 1. The quantitative estimate of drug-likeness (QED) is 0.220. The summed E-state index contributed by atoms with van der Waals surface area (Å²) in [5.41, 5.74) is 2.23. The highest BCUT2D eigenvalue weighted by Crippen LogP contribution is 2.34. The first-order chi connectivity index (χ1) is 20.0. The lowest BCUT2D eigenvalue weighted by molar-refractivity contribution is 0.0381. The number of benzene rings is 2. The van der Waals surface area contributed by atoms with Crippen molar-refractivity contribution in [2.75, 3.05) is 43.3 Å². The third kappa shape index (κ3) is 8.02. The van der Waals surface area contributed by atoms with Crippen molar-refractivity contribution in [1.29, 1.82) is 0 Å². The Labute approximate surface area is 271 Å². The number of nitrogens with one attached hydrogen (secondary N) is 2. The fraction of sp³-hybridized carbons (Fsp3) is 0.393. The van der Waals surface area contributed by atoms with E-state index in [9.17, 15) is 13.2 Å². The molecule has 0 aliphatic carbocycles. The number of morpholine rings is 1. The van der Waals surface area contributed by atoms with Crippen LogP contribution in [-0.4, -0.2) is 71.7 Å². The number of hydrogen-bond acceptors (Lipinski definition) is 7. The van der Waals surface area contributed by atoms with E-state index in [0.29, 0.717) is 71.5 Å². The van der Waals surface area contributed by atoms with Gasteiger partial charge in [-0.1, -0.05) is 60.8 Å². The second-order valence-electron chi connectivity index (χ2n) is 10.5. The molecule has 2 aromatic carbocycles. The van der Waals surface area contributed by atoms with Crippen LogP contribution in [0.15, 0.2) is 41.2 Å². The lowest BCUT2D eigenvalue weighted by Gasteiger charge is -2.26. The zero-order valence-corrected chi connectivity index (χ0v) is 27.5. The highest BCUT2D eigenvalue weighted by atomic mass is 35.5. The first-order valence-electron chi connectivity index (χ1n) is 13.6. The largest absolute Gasteiger partial charge is 0.379 e. The molecule has 0 atom stereocenters. The van der Waals surface area contributed by atoms with Gasteiger partial charge in [0.05, 0.1) is 34.7 Å². The lowest BCUT2D eigenvalue weighted by atomic mass is 10.1. The van der Waals surface area contributed by atoms with Crippen molar-refractivity contribution >= 4 is 74.0 Å². The number of halogens is 4. The van der Waals surface area contributed by atoms with Gasteiger partial charge in [0.2, 0.25) is 10.0 Å². The van der Waals surface area contributed by atoms with Crippen LogP contribution in [0.2, 0.25) is 15.1 Å². The smallest absolute Gasteiger partial charge is 0.262 e. The molecular formula is C28H32Cl4N6O4S. The topological polar surface area (TPSA) is 122 Å². The monoisotopic (exact) mass is 688 g/mol. The second kappa shape index (κ2) is 14.2. The summed E-state index contributed by atoms with van der Waals surface area (Å²) in [7, 11) is -3.49. The van der Waals surface area contributed by atoms with Gasteiger partial charge in [0.25, 0.3) is 5.56 Å².